The molecule has 0 fully saturated rings. The first-order valence-electron chi connectivity index (χ1n) is 5.99. The van der Waals surface area contributed by atoms with Crippen molar-refractivity contribution < 1.29 is 9.66 Å². The van der Waals surface area contributed by atoms with E-state index in [0.717, 1.165) is 12.8 Å². The lowest BCUT2D eigenvalue weighted by molar-refractivity contribution is -0.384. The summed E-state index contributed by atoms with van der Waals surface area (Å²) in [6, 6.07) is 2.78. The zero-order chi connectivity index (χ0) is 14.3. The van der Waals surface area contributed by atoms with E-state index in [1.54, 1.807) is 7.11 Å². The molecule has 0 aliphatic carbocycles. The number of hydrogen-bond acceptors (Lipinski definition) is 7. The van der Waals surface area contributed by atoms with Crippen molar-refractivity contribution in [3.63, 3.8) is 0 Å². The fourth-order valence-corrected chi connectivity index (χ4v) is 1.73. The molecule has 1 unspecified atom stereocenters. The molecule has 0 aromatic carbocycles. The summed E-state index contributed by atoms with van der Waals surface area (Å²) in [6.07, 6.45) is 1.76. The van der Waals surface area contributed by atoms with Gasteiger partial charge in [0.05, 0.1) is 17.6 Å². The van der Waals surface area contributed by atoms with Gasteiger partial charge < -0.3 is 15.5 Å². The maximum Gasteiger partial charge on any atom is 0.311 e. The Morgan fingerprint density at radius 1 is 1.58 bits per heavy atom. The highest BCUT2D eigenvalue weighted by Crippen LogP contribution is 2.24. The topological polar surface area (TPSA) is 115 Å². The zero-order valence-electron chi connectivity index (χ0n) is 11.0. The molecule has 0 spiro atoms. The predicted octanol–water partition coefficient (Wildman–Crippen LogP) is 1.50. The first kappa shape index (κ1) is 15.1. The van der Waals surface area contributed by atoms with Crippen LogP contribution in [0.15, 0.2) is 12.1 Å². The SMILES string of the molecule is CCCC(COC)Nc1nc(NN)ccc1[N+](=O)[O-]. The van der Waals surface area contributed by atoms with Gasteiger partial charge in [-0.15, -0.1) is 0 Å². The lowest BCUT2D eigenvalue weighted by Crippen LogP contribution is -2.26. The molecular formula is C11H19N5O3. The van der Waals surface area contributed by atoms with Crippen LogP contribution in [-0.4, -0.2) is 29.7 Å². The molecule has 4 N–H and O–H groups in total. The Kier molecular flexibility index (Phi) is 5.97. The highest BCUT2D eigenvalue weighted by atomic mass is 16.6. The molecule has 8 heteroatoms. The molecule has 106 valence electrons. The molecule has 0 bridgehead atoms. The Bertz CT molecular complexity index is 421. The molecule has 0 saturated carbocycles. The van der Waals surface area contributed by atoms with Gasteiger partial charge in [0, 0.05) is 13.2 Å². The van der Waals surface area contributed by atoms with Crippen LogP contribution in [0, 0.1) is 10.1 Å². The van der Waals surface area contributed by atoms with E-state index < -0.39 is 4.92 Å². The zero-order valence-corrected chi connectivity index (χ0v) is 11.0. The minimum atomic E-state index is -0.481. The third kappa shape index (κ3) is 4.34. The van der Waals surface area contributed by atoms with Crippen LogP contribution < -0.4 is 16.6 Å². The van der Waals surface area contributed by atoms with Crippen LogP contribution in [0.5, 0.6) is 0 Å². The van der Waals surface area contributed by atoms with Crippen molar-refractivity contribution in [1.82, 2.24) is 4.98 Å². The summed E-state index contributed by atoms with van der Waals surface area (Å²) in [5, 5.41) is 14.0. The summed E-state index contributed by atoms with van der Waals surface area (Å²) >= 11 is 0. The number of nitrogens with two attached hydrogens (primary N) is 1. The van der Waals surface area contributed by atoms with Gasteiger partial charge in [-0.25, -0.2) is 10.8 Å². The van der Waals surface area contributed by atoms with Crippen molar-refractivity contribution >= 4 is 17.3 Å². The van der Waals surface area contributed by atoms with E-state index in [-0.39, 0.29) is 17.5 Å². The lowest BCUT2D eigenvalue weighted by atomic mass is 10.2. The summed E-state index contributed by atoms with van der Waals surface area (Å²) in [6.45, 7) is 2.48. The number of pyridine rings is 1. The molecule has 1 atom stereocenters. The van der Waals surface area contributed by atoms with Crippen molar-refractivity contribution in [1.29, 1.82) is 0 Å². The van der Waals surface area contributed by atoms with Crippen molar-refractivity contribution in [2.45, 2.75) is 25.8 Å². The van der Waals surface area contributed by atoms with E-state index in [1.165, 1.54) is 12.1 Å². The molecule has 8 nitrogen and oxygen atoms in total. The number of aromatic nitrogens is 1. The Morgan fingerprint density at radius 3 is 2.84 bits per heavy atom. The highest BCUT2D eigenvalue weighted by molar-refractivity contribution is 5.60. The smallest absolute Gasteiger partial charge is 0.311 e. The second-order valence-electron chi connectivity index (χ2n) is 4.05. The number of nitrogen functional groups attached to an aromatic ring is 1. The maximum atomic E-state index is 11.0. The Labute approximate surface area is 111 Å². The van der Waals surface area contributed by atoms with Gasteiger partial charge in [-0.05, 0) is 12.5 Å². The molecule has 0 saturated heterocycles. The van der Waals surface area contributed by atoms with Crippen molar-refractivity contribution in [3.05, 3.63) is 22.2 Å². The van der Waals surface area contributed by atoms with Crippen LogP contribution in [0.3, 0.4) is 0 Å². The third-order valence-corrected chi connectivity index (χ3v) is 2.56. The molecule has 0 aliphatic heterocycles. The molecule has 1 aromatic heterocycles. The molecule has 1 heterocycles. The van der Waals surface area contributed by atoms with Crippen LogP contribution in [0.25, 0.3) is 0 Å². The van der Waals surface area contributed by atoms with Crippen LogP contribution in [-0.2, 0) is 4.74 Å². The van der Waals surface area contributed by atoms with Gasteiger partial charge in [0.2, 0.25) is 5.82 Å². The van der Waals surface area contributed by atoms with Gasteiger partial charge in [0.1, 0.15) is 5.82 Å². The fraction of sp³-hybridized carbons (Fsp3) is 0.545. The molecule has 19 heavy (non-hydrogen) atoms. The van der Waals surface area contributed by atoms with Gasteiger partial charge in [-0.2, -0.15) is 0 Å². The van der Waals surface area contributed by atoms with E-state index in [4.69, 9.17) is 10.6 Å². The number of hydrogen-bond donors (Lipinski definition) is 3. The second-order valence-corrected chi connectivity index (χ2v) is 4.05. The fourth-order valence-electron chi connectivity index (χ4n) is 1.73. The first-order chi connectivity index (χ1) is 9.12. The number of ether oxygens (including phenoxy) is 1. The van der Waals surface area contributed by atoms with Gasteiger partial charge in [0.25, 0.3) is 0 Å². The monoisotopic (exact) mass is 269 g/mol. The van der Waals surface area contributed by atoms with Crippen molar-refractivity contribution in [2.75, 3.05) is 24.5 Å². The quantitative estimate of drug-likeness (QED) is 0.372. The van der Waals surface area contributed by atoms with E-state index in [1.807, 2.05) is 6.92 Å². The summed E-state index contributed by atoms with van der Waals surface area (Å²) < 4.78 is 5.09. The standard InChI is InChI=1S/C11H19N5O3/c1-3-4-8(7-19-2)13-11-9(16(17)18)5-6-10(14-11)15-12/h5-6,8H,3-4,7,12H2,1-2H3,(H2,13,14,15). The molecule has 0 radical (unpaired) electrons. The Hall–Kier alpha value is -1.93. The maximum absolute atomic E-state index is 11.0. The predicted molar refractivity (Wildman–Crippen MR) is 72.9 cm³/mol. The van der Waals surface area contributed by atoms with Crippen LogP contribution in [0.2, 0.25) is 0 Å². The lowest BCUT2D eigenvalue weighted by Gasteiger charge is -2.18. The number of anilines is 2. The summed E-state index contributed by atoms with van der Waals surface area (Å²) in [7, 11) is 1.59. The van der Waals surface area contributed by atoms with E-state index in [9.17, 15) is 10.1 Å². The molecule has 1 aromatic rings. The molecular weight excluding hydrogens is 250 g/mol. The van der Waals surface area contributed by atoms with Gasteiger partial charge in [-0.1, -0.05) is 13.3 Å². The van der Waals surface area contributed by atoms with E-state index in [2.05, 4.69) is 15.7 Å². The average molecular weight is 269 g/mol. The number of methoxy groups -OCH3 is 1. The normalized spacial score (nSPS) is 11.9. The van der Waals surface area contributed by atoms with Gasteiger partial charge >= 0.3 is 5.69 Å². The number of nitrogens with one attached hydrogen (secondary N) is 2. The van der Waals surface area contributed by atoms with Crippen molar-refractivity contribution in [3.8, 4) is 0 Å². The minimum Gasteiger partial charge on any atom is -0.383 e. The number of rotatable bonds is 8. The van der Waals surface area contributed by atoms with Crippen LogP contribution in [0.1, 0.15) is 19.8 Å². The molecule has 0 amide bonds. The second kappa shape index (κ2) is 7.49. The first-order valence-corrected chi connectivity index (χ1v) is 5.99. The number of nitro groups is 1. The molecule has 1 rings (SSSR count). The number of nitrogens with zero attached hydrogens (tertiary/aromatic N) is 2. The Morgan fingerprint density at radius 2 is 2.32 bits per heavy atom. The van der Waals surface area contributed by atoms with Crippen LogP contribution >= 0.6 is 0 Å². The van der Waals surface area contributed by atoms with E-state index in [0.29, 0.717) is 12.4 Å². The number of hydrazine groups is 1. The average Bonchev–Trinajstić information content (AvgIpc) is 2.38. The molecule has 0 aliphatic rings. The highest BCUT2D eigenvalue weighted by Gasteiger charge is 2.19. The summed E-state index contributed by atoms with van der Waals surface area (Å²) in [5.74, 6) is 5.81. The minimum absolute atomic E-state index is 0.0331. The summed E-state index contributed by atoms with van der Waals surface area (Å²) in [4.78, 5) is 14.6. The third-order valence-electron chi connectivity index (χ3n) is 2.56. The summed E-state index contributed by atoms with van der Waals surface area (Å²) in [5.41, 5.74) is 2.28. The van der Waals surface area contributed by atoms with Gasteiger partial charge in [-0.3, -0.25) is 10.1 Å². The van der Waals surface area contributed by atoms with Crippen molar-refractivity contribution in [2.24, 2.45) is 5.84 Å². The largest absolute Gasteiger partial charge is 0.383 e. The van der Waals surface area contributed by atoms with E-state index >= 15 is 0 Å². The van der Waals surface area contributed by atoms with Gasteiger partial charge in [0.15, 0.2) is 0 Å². The Balaban J connectivity index is 2.97. The van der Waals surface area contributed by atoms with Crippen LogP contribution in [0.4, 0.5) is 17.3 Å².